The number of aliphatic hydroxyl groups is 2. The van der Waals surface area contributed by atoms with E-state index in [1.54, 1.807) is 0 Å². The van der Waals surface area contributed by atoms with Crippen molar-refractivity contribution in [3.8, 4) is 0 Å². The topological polar surface area (TPSA) is 95.9 Å². The molecule has 2 atom stereocenters. The lowest BCUT2D eigenvalue weighted by atomic mass is 10.0. The Bertz CT molecular complexity index is 1160. The minimum absolute atomic E-state index is 0.0225. The predicted molar refractivity (Wildman–Crippen MR) is 352 cm³/mol. The molecule has 0 fully saturated rings. The maximum absolute atomic E-state index is 12.5. The van der Waals surface area contributed by atoms with Crippen LogP contribution in [0, 0.1) is 0 Å². The average molecular weight is 1130 g/mol. The summed E-state index contributed by atoms with van der Waals surface area (Å²) in [7, 11) is 0. The zero-order valence-corrected chi connectivity index (χ0v) is 54.9. The highest BCUT2D eigenvalue weighted by Gasteiger charge is 2.20. The predicted octanol–water partition coefficient (Wildman–Crippen LogP) is 24.2. The summed E-state index contributed by atoms with van der Waals surface area (Å²) < 4.78 is 5.51. The lowest BCUT2D eigenvalue weighted by Gasteiger charge is -2.22. The van der Waals surface area contributed by atoms with Crippen molar-refractivity contribution in [2.45, 2.75) is 450 Å². The van der Waals surface area contributed by atoms with Crippen LogP contribution < -0.4 is 5.32 Å². The first-order valence-electron chi connectivity index (χ1n) is 37.3. The molecule has 0 aliphatic carbocycles. The van der Waals surface area contributed by atoms with Gasteiger partial charge in [-0.2, -0.15) is 0 Å². The van der Waals surface area contributed by atoms with Crippen molar-refractivity contribution in [2.24, 2.45) is 0 Å². The molecule has 1 amide bonds. The summed E-state index contributed by atoms with van der Waals surface area (Å²) in [4.78, 5) is 24.7. The summed E-state index contributed by atoms with van der Waals surface area (Å²) >= 11 is 0. The third-order valence-electron chi connectivity index (χ3n) is 17.9. The summed E-state index contributed by atoms with van der Waals surface area (Å²) in [5, 5.41) is 23.4. The monoisotopic (exact) mass is 1130 g/mol. The lowest BCUT2D eigenvalue weighted by Crippen LogP contribution is -2.45. The van der Waals surface area contributed by atoms with Crippen LogP contribution in [0.1, 0.15) is 438 Å². The van der Waals surface area contributed by atoms with Crippen molar-refractivity contribution >= 4 is 11.9 Å². The van der Waals surface area contributed by atoms with Gasteiger partial charge >= 0.3 is 5.97 Å². The second-order valence-corrected chi connectivity index (χ2v) is 26.0. The van der Waals surface area contributed by atoms with Gasteiger partial charge in [0.25, 0.3) is 0 Å². The van der Waals surface area contributed by atoms with E-state index in [1.165, 1.54) is 366 Å². The molecular formula is C74H147NO5. The molecule has 0 rings (SSSR count). The van der Waals surface area contributed by atoms with E-state index in [0.29, 0.717) is 25.9 Å². The molecule has 0 aliphatic rings. The molecule has 6 nitrogen and oxygen atoms in total. The van der Waals surface area contributed by atoms with Gasteiger partial charge in [-0.1, -0.05) is 399 Å². The quantitative estimate of drug-likeness (QED) is 0.0417. The van der Waals surface area contributed by atoms with Gasteiger partial charge in [0.1, 0.15) is 0 Å². The van der Waals surface area contributed by atoms with Gasteiger partial charge in [0, 0.05) is 12.8 Å². The Hall–Kier alpha value is -1.14. The van der Waals surface area contributed by atoms with Crippen LogP contribution in [-0.2, 0) is 14.3 Å². The zero-order chi connectivity index (χ0) is 57.8. The molecule has 0 aromatic rings. The van der Waals surface area contributed by atoms with E-state index in [1.807, 2.05) is 0 Å². The van der Waals surface area contributed by atoms with E-state index in [-0.39, 0.29) is 18.5 Å². The molecular weight excluding hydrogens is 983 g/mol. The van der Waals surface area contributed by atoms with Gasteiger partial charge in [-0.05, 0) is 25.7 Å². The first kappa shape index (κ1) is 78.9. The van der Waals surface area contributed by atoms with Crippen molar-refractivity contribution in [1.82, 2.24) is 5.32 Å². The Morgan fingerprint density at radius 3 is 0.762 bits per heavy atom. The summed E-state index contributed by atoms with van der Waals surface area (Å²) in [6, 6.07) is -0.540. The van der Waals surface area contributed by atoms with Crippen molar-refractivity contribution in [3.63, 3.8) is 0 Å². The maximum Gasteiger partial charge on any atom is 0.305 e. The average Bonchev–Trinajstić information content (AvgIpc) is 3.46. The molecule has 6 heteroatoms. The standard InChI is InChI=1S/C74H147NO5/c1-3-5-7-9-11-13-15-17-19-21-23-31-34-38-42-46-50-54-58-62-66-72(77)71(70-76)75-73(78)67-63-59-55-51-47-43-39-35-32-29-27-25-24-26-28-30-33-37-41-45-49-53-57-61-65-69-80-74(79)68-64-60-56-52-48-44-40-36-22-20-18-16-14-12-10-8-6-4-2/h71-72,76-77H,3-70H2,1-2H3,(H,75,78). The van der Waals surface area contributed by atoms with E-state index in [4.69, 9.17) is 4.74 Å². The summed E-state index contributed by atoms with van der Waals surface area (Å²) in [5.41, 5.74) is 0. The molecule has 0 radical (unpaired) electrons. The molecule has 0 aromatic heterocycles. The molecule has 0 aromatic carbocycles. The Labute approximate surface area is 502 Å². The molecule has 0 spiro atoms. The second kappa shape index (κ2) is 70.3. The van der Waals surface area contributed by atoms with E-state index in [0.717, 1.165) is 38.5 Å². The van der Waals surface area contributed by atoms with E-state index >= 15 is 0 Å². The molecule has 0 heterocycles. The first-order chi connectivity index (χ1) is 39.5. The largest absolute Gasteiger partial charge is 0.466 e. The van der Waals surface area contributed by atoms with Gasteiger partial charge in [-0.25, -0.2) is 0 Å². The SMILES string of the molecule is CCCCCCCCCCCCCCCCCCCCCCC(O)C(CO)NC(=O)CCCCCCCCCCCCCCCCCCCCCCCCCCCOC(=O)CCCCCCCCCCCCCCCCCCCC. The molecule has 0 aliphatic heterocycles. The summed E-state index contributed by atoms with van der Waals surface area (Å²) in [5.74, 6) is -0.00519. The zero-order valence-electron chi connectivity index (χ0n) is 54.9. The van der Waals surface area contributed by atoms with Crippen molar-refractivity contribution in [3.05, 3.63) is 0 Å². The molecule has 3 N–H and O–H groups in total. The van der Waals surface area contributed by atoms with Crippen LogP contribution in [0.15, 0.2) is 0 Å². The molecule has 0 bridgehead atoms. The number of hydrogen-bond acceptors (Lipinski definition) is 5. The number of nitrogens with one attached hydrogen (secondary N) is 1. The van der Waals surface area contributed by atoms with Gasteiger partial charge in [-0.15, -0.1) is 0 Å². The molecule has 478 valence electrons. The minimum Gasteiger partial charge on any atom is -0.466 e. The summed E-state index contributed by atoms with van der Waals surface area (Å²) in [6.45, 7) is 5.01. The van der Waals surface area contributed by atoms with E-state index in [9.17, 15) is 19.8 Å². The van der Waals surface area contributed by atoms with Crippen LogP contribution in [0.5, 0.6) is 0 Å². The van der Waals surface area contributed by atoms with Crippen molar-refractivity contribution in [1.29, 1.82) is 0 Å². The molecule has 2 unspecified atom stereocenters. The Morgan fingerprint density at radius 1 is 0.300 bits per heavy atom. The highest BCUT2D eigenvalue weighted by molar-refractivity contribution is 5.76. The van der Waals surface area contributed by atoms with Crippen LogP contribution in [0.4, 0.5) is 0 Å². The van der Waals surface area contributed by atoms with Crippen molar-refractivity contribution in [2.75, 3.05) is 13.2 Å². The normalized spacial score (nSPS) is 12.4. The fourth-order valence-corrected chi connectivity index (χ4v) is 12.2. The highest BCUT2D eigenvalue weighted by atomic mass is 16.5. The van der Waals surface area contributed by atoms with Gasteiger partial charge in [0.2, 0.25) is 5.91 Å². The second-order valence-electron chi connectivity index (χ2n) is 26.0. The Morgan fingerprint density at radius 2 is 0.512 bits per heavy atom. The number of amides is 1. The number of rotatable bonds is 71. The van der Waals surface area contributed by atoms with E-state index < -0.39 is 12.1 Å². The van der Waals surface area contributed by atoms with Gasteiger partial charge < -0.3 is 20.3 Å². The smallest absolute Gasteiger partial charge is 0.305 e. The van der Waals surface area contributed by atoms with Crippen LogP contribution in [0.2, 0.25) is 0 Å². The van der Waals surface area contributed by atoms with Gasteiger partial charge in [0.05, 0.1) is 25.4 Å². The number of hydrogen-bond donors (Lipinski definition) is 3. The maximum atomic E-state index is 12.5. The van der Waals surface area contributed by atoms with Crippen LogP contribution >= 0.6 is 0 Å². The van der Waals surface area contributed by atoms with Crippen LogP contribution in [-0.4, -0.2) is 47.4 Å². The number of ether oxygens (including phenoxy) is 1. The number of esters is 1. The van der Waals surface area contributed by atoms with Crippen LogP contribution in [0.3, 0.4) is 0 Å². The number of carbonyl (C=O) groups excluding carboxylic acids is 2. The third kappa shape index (κ3) is 66.0. The summed E-state index contributed by atoms with van der Waals surface area (Å²) in [6.07, 6.45) is 85.9. The number of unbranched alkanes of at least 4 members (excludes halogenated alkanes) is 60. The molecule has 0 saturated carbocycles. The Balaban J connectivity index is 3.33. The number of aliphatic hydroxyl groups excluding tert-OH is 2. The van der Waals surface area contributed by atoms with Gasteiger partial charge in [0.15, 0.2) is 0 Å². The fraction of sp³-hybridized carbons (Fsp3) is 0.973. The van der Waals surface area contributed by atoms with Gasteiger partial charge in [-0.3, -0.25) is 9.59 Å². The third-order valence-corrected chi connectivity index (χ3v) is 17.9. The molecule has 0 saturated heterocycles. The fourth-order valence-electron chi connectivity index (χ4n) is 12.2. The lowest BCUT2D eigenvalue weighted by molar-refractivity contribution is -0.143. The highest BCUT2D eigenvalue weighted by Crippen LogP contribution is 2.20. The van der Waals surface area contributed by atoms with E-state index in [2.05, 4.69) is 19.2 Å². The first-order valence-corrected chi connectivity index (χ1v) is 37.3. The number of carbonyl (C=O) groups is 2. The van der Waals surface area contributed by atoms with Crippen LogP contribution in [0.25, 0.3) is 0 Å². The Kier molecular flexibility index (Phi) is 69.3. The van der Waals surface area contributed by atoms with Crippen molar-refractivity contribution < 1.29 is 24.5 Å². The molecule has 80 heavy (non-hydrogen) atoms. The minimum atomic E-state index is -0.663.